The van der Waals surface area contributed by atoms with E-state index in [4.69, 9.17) is 9.47 Å². The van der Waals surface area contributed by atoms with Crippen LogP contribution in [0.4, 0.5) is 0 Å². The van der Waals surface area contributed by atoms with Crippen LogP contribution in [0.3, 0.4) is 0 Å². The second-order valence-electron chi connectivity index (χ2n) is 31.9. The average Bonchev–Trinajstić information content (AvgIpc) is 0.840. The van der Waals surface area contributed by atoms with Crippen molar-refractivity contribution >= 4 is 0 Å². The molecule has 12 aromatic carbocycles. The first kappa shape index (κ1) is 80.7. The Labute approximate surface area is 667 Å². The number of aliphatic hydroxyl groups excluding tert-OH is 1. The van der Waals surface area contributed by atoms with E-state index in [1.54, 1.807) is 0 Å². The summed E-state index contributed by atoms with van der Waals surface area (Å²) in [6.45, 7) is 10.5. The zero-order chi connectivity index (χ0) is 76.4. The highest BCUT2D eigenvalue weighted by Gasteiger charge is 2.19. The van der Waals surface area contributed by atoms with E-state index in [9.17, 15) is 5.11 Å². The molecule has 12 rings (SSSR count). The van der Waals surface area contributed by atoms with Crippen molar-refractivity contribution in [2.24, 2.45) is 0 Å². The van der Waals surface area contributed by atoms with Gasteiger partial charge in [0.25, 0.3) is 0 Å². The van der Waals surface area contributed by atoms with E-state index >= 15 is 0 Å². The first-order valence-electron chi connectivity index (χ1n) is 42.6. The van der Waals surface area contributed by atoms with Crippen molar-refractivity contribution in [3.05, 3.63) is 347 Å². The lowest BCUT2D eigenvalue weighted by atomic mass is 9.86. The van der Waals surface area contributed by atoms with Crippen LogP contribution < -0.4 is 9.47 Å². The predicted octanol–water partition coefficient (Wildman–Crippen LogP) is 29.9. The third-order valence-corrected chi connectivity index (χ3v) is 23.3. The number of rotatable bonds is 45. The molecule has 3 heteroatoms. The molecular weight excluding hydrogens is 1350 g/mol. The van der Waals surface area contributed by atoms with Crippen LogP contribution in [0.5, 0.6) is 11.5 Å². The molecule has 3 unspecified atom stereocenters. The maximum atomic E-state index is 9.23. The molecule has 0 heterocycles. The van der Waals surface area contributed by atoms with E-state index < -0.39 is 0 Å². The molecule has 0 aliphatic carbocycles. The summed E-state index contributed by atoms with van der Waals surface area (Å²) < 4.78 is 12.9. The fourth-order valence-electron chi connectivity index (χ4n) is 16.2. The standard InChI is InChI=1S/C108H122O3/c1-5-6-7-8-9-13-16-19-22-77-110-107-71-37-88(38-72-107)80-105(102-67-61-99(62-68-102)95-53-47-92(48-54-95)89-41-29-83(3)30-42-89)26-23-24-85-35-45-91(46-36-85)94-51-57-97(58-52-94)98-59-65-101(66-60-98)104(25-20-17-14-11-10-12-15-18-21-76-109)79-87-39-73-108(74-40-87)111-78-75-106(81-86-33-27-82(2)28-34-86)103-69-63-100(64-70-103)96-55-49-93(50-56-96)90-43-31-84(4)32-44-90/h27-74,104-106,109H,5-26,75-81H2,1-4H3. The fourth-order valence-corrected chi connectivity index (χ4v) is 16.2. The van der Waals surface area contributed by atoms with Crippen molar-refractivity contribution in [3.8, 4) is 78.3 Å². The van der Waals surface area contributed by atoms with Crippen LogP contribution in [-0.2, 0) is 25.7 Å². The molecule has 0 spiro atoms. The van der Waals surface area contributed by atoms with Crippen molar-refractivity contribution in [1.29, 1.82) is 0 Å². The van der Waals surface area contributed by atoms with Gasteiger partial charge < -0.3 is 14.6 Å². The van der Waals surface area contributed by atoms with E-state index in [1.165, 1.54) is 219 Å². The molecule has 0 saturated carbocycles. The predicted molar refractivity (Wildman–Crippen MR) is 474 cm³/mol. The minimum Gasteiger partial charge on any atom is -0.494 e. The first-order valence-corrected chi connectivity index (χ1v) is 42.6. The Kier molecular flexibility index (Phi) is 31.8. The van der Waals surface area contributed by atoms with Crippen molar-refractivity contribution in [2.75, 3.05) is 19.8 Å². The van der Waals surface area contributed by atoms with E-state index in [-0.39, 0.29) is 0 Å². The molecule has 0 aliphatic rings. The Bertz CT molecular complexity index is 4580. The Morgan fingerprint density at radius 3 is 0.811 bits per heavy atom. The number of ether oxygens (including phenoxy) is 2. The molecule has 0 radical (unpaired) electrons. The van der Waals surface area contributed by atoms with Gasteiger partial charge >= 0.3 is 0 Å². The summed E-state index contributed by atoms with van der Waals surface area (Å²) in [5, 5.41) is 9.23. The van der Waals surface area contributed by atoms with Gasteiger partial charge in [0, 0.05) is 6.61 Å². The van der Waals surface area contributed by atoms with Crippen molar-refractivity contribution in [1.82, 2.24) is 0 Å². The highest BCUT2D eigenvalue weighted by molar-refractivity contribution is 5.74. The molecule has 0 aliphatic heterocycles. The number of aryl methyl sites for hydroxylation is 4. The summed E-state index contributed by atoms with van der Waals surface area (Å²) in [6, 6.07) is 109. The number of aliphatic hydroxyl groups is 1. The van der Waals surface area contributed by atoms with Crippen molar-refractivity contribution < 1.29 is 14.6 Å². The fraction of sp³-hybridized carbons (Fsp3) is 0.333. The van der Waals surface area contributed by atoms with Gasteiger partial charge in [0.15, 0.2) is 0 Å². The van der Waals surface area contributed by atoms with Crippen LogP contribution in [0.15, 0.2) is 291 Å². The monoisotopic (exact) mass is 1470 g/mol. The smallest absolute Gasteiger partial charge is 0.119 e. The average molecular weight is 1470 g/mol. The van der Waals surface area contributed by atoms with Crippen LogP contribution in [0, 0.1) is 20.8 Å². The van der Waals surface area contributed by atoms with Crippen LogP contribution in [0.2, 0.25) is 0 Å². The highest BCUT2D eigenvalue weighted by Crippen LogP contribution is 2.36. The van der Waals surface area contributed by atoms with Crippen LogP contribution >= 0.6 is 0 Å². The van der Waals surface area contributed by atoms with Gasteiger partial charge in [0.2, 0.25) is 0 Å². The molecule has 3 atom stereocenters. The van der Waals surface area contributed by atoms with E-state index in [0.29, 0.717) is 31.0 Å². The van der Waals surface area contributed by atoms with E-state index in [1.807, 2.05) is 0 Å². The molecule has 0 fully saturated rings. The minimum absolute atomic E-state index is 0.313. The zero-order valence-corrected chi connectivity index (χ0v) is 67.2. The summed E-state index contributed by atoms with van der Waals surface area (Å²) in [4.78, 5) is 0. The Morgan fingerprint density at radius 2 is 0.468 bits per heavy atom. The van der Waals surface area contributed by atoms with Gasteiger partial charge in [-0.3, -0.25) is 0 Å². The van der Waals surface area contributed by atoms with Gasteiger partial charge in [-0.25, -0.2) is 0 Å². The molecule has 0 saturated heterocycles. The van der Waals surface area contributed by atoms with Crippen LogP contribution in [0.1, 0.15) is 222 Å². The van der Waals surface area contributed by atoms with Gasteiger partial charge in [0.05, 0.1) is 13.2 Å². The summed E-state index contributed by atoms with van der Waals surface area (Å²) in [7, 11) is 0. The minimum atomic E-state index is 0.313. The third kappa shape index (κ3) is 25.6. The Balaban J connectivity index is 0.651. The molecule has 0 bridgehead atoms. The number of hydrogen-bond donors (Lipinski definition) is 1. The Morgan fingerprint density at radius 1 is 0.225 bits per heavy atom. The lowest BCUT2D eigenvalue weighted by Crippen LogP contribution is -2.09. The molecule has 0 amide bonds. The van der Waals surface area contributed by atoms with Gasteiger partial charge in [-0.15, -0.1) is 0 Å². The molecular formula is C108H122O3. The van der Waals surface area contributed by atoms with Gasteiger partial charge in [-0.1, -0.05) is 393 Å². The zero-order valence-electron chi connectivity index (χ0n) is 67.2. The van der Waals surface area contributed by atoms with Crippen molar-refractivity contribution in [3.63, 3.8) is 0 Å². The molecule has 12 aromatic rings. The molecule has 572 valence electrons. The lowest BCUT2D eigenvalue weighted by molar-refractivity contribution is 0.282. The Hall–Kier alpha value is -9.80. The summed E-state index contributed by atoms with van der Waals surface area (Å²) in [5.41, 5.74) is 28.4. The molecule has 3 nitrogen and oxygen atoms in total. The summed E-state index contributed by atoms with van der Waals surface area (Å²) in [6.07, 6.45) is 31.1. The third-order valence-electron chi connectivity index (χ3n) is 23.3. The largest absolute Gasteiger partial charge is 0.494 e. The SMILES string of the molecule is CCCCCCCCCCCOc1ccc(CC(CCCc2ccc(-c3ccc(-c4ccc(C(CCCCCCCCCCCO)Cc5ccc(OCCC(Cc6ccc(C)cc6)c6ccc(-c7ccc(-c8ccc(C)cc8)cc7)cc6)cc5)cc4)cc3)cc2)c2ccc(-c3ccc(-c4ccc(C)cc4)cc3)cc2)cc1. The second-order valence-corrected chi connectivity index (χ2v) is 31.9. The first-order chi connectivity index (χ1) is 54.6. The maximum Gasteiger partial charge on any atom is 0.119 e. The quantitative estimate of drug-likeness (QED) is 0.0387. The van der Waals surface area contributed by atoms with Gasteiger partial charge in [-0.05, 0) is 233 Å². The number of benzene rings is 12. The molecule has 1 N–H and O–H groups in total. The topological polar surface area (TPSA) is 38.7 Å². The van der Waals surface area contributed by atoms with Crippen molar-refractivity contribution in [2.45, 2.75) is 212 Å². The van der Waals surface area contributed by atoms with Gasteiger partial charge in [0.1, 0.15) is 11.5 Å². The van der Waals surface area contributed by atoms with E-state index in [2.05, 4.69) is 319 Å². The van der Waals surface area contributed by atoms with E-state index in [0.717, 1.165) is 88.7 Å². The number of hydrogen-bond acceptors (Lipinski definition) is 3. The maximum absolute atomic E-state index is 9.23. The lowest BCUT2D eigenvalue weighted by Gasteiger charge is -2.20. The normalized spacial score (nSPS) is 12.2. The van der Waals surface area contributed by atoms with Gasteiger partial charge in [-0.2, -0.15) is 0 Å². The van der Waals surface area contributed by atoms with Crippen LogP contribution in [-0.4, -0.2) is 24.9 Å². The summed E-state index contributed by atoms with van der Waals surface area (Å²) in [5.74, 6) is 3.05. The van der Waals surface area contributed by atoms with Crippen LogP contribution in [0.25, 0.3) is 66.8 Å². The molecule has 111 heavy (non-hydrogen) atoms. The second kappa shape index (κ2) is 43.7. The highest BCUT2D eigenvalue weighted by atomic mass is 16.5. The summed E-state index contributed by atoms with van der Waals surface area (Å²) >= 11 is 0. The molecule has 0 aromatic heterocycles. The number of unbranched alkanes of at least 4 members (excludes halogenated alkanes) is 16.